The van der Waals surface area contributed by atoms with Crippen LogP contribution in [-0.2, 0) is 17.2 Å². The number of benzene rings is 1. The number of hydrogen-bond donors (Lipinski definition) is 1. The number of rotatable bonds is 4. The number of nitrogens with zero attached hydrogens (tertiary/aromatic N) is 4. The molecule has 6 nitrogen and oxygen atoms in total. The zero-order valence-corrected chi connectivity index (χ0v) is 17.9. The predicted molar refractivity (Wildman–Crippen MR) is 119 cm³/mol. The number of piperidine rings is 1. The third kappa shape index (κ3) is 4.21. The summed E-state index contributed by atoms with van der Waals surface area (Å²) in [5.41, 5.74) is 9.48. The highest BCUT2D eigenvalue weighted by atomic mass is 35.5. The zero-order chi connectivity index (χ0) is 20.4. The van der Waals surface area contributed by atoms with E-state index in [0.717, 1.165) is 36.6 Å². The Morgan fingerprint density at radius 2 is 2.00 bits per heavy atom. The molecule has 0 spiro atoms. The second kappa shape index (κ2) is 8.63. The number of aryl methyl sites for hydroxylation is 1. The van der Waals surface area contributed by atoms with Crippen LogP contribution in [0.3, 0.4) is 0 Å². The topological polar surface area (TPSA) is 84.5 Å². The van der Waals surface area contributed by atoms with Gasteiger partial charge in [0.15, 0.2) is 0 Å². The molecule has 1 aromatic carbocycles. The summed E-state index contributed by atoms with van der Waals surface area (Å²) in [7, 11) is 0.582. The zero-order valence-electron chi connectivity index (χ0n) is 16.3. The Hall–Kier alpha value is -2.25. The molecular weight excluding hydrogens is 406 g/mol. The summed E-state index contributed by atoms with van der Waals surface area (Å²) in [6.07, 6.45) is 6.07. The fourth-order valence-electron chi connectivity index (χ4n) is 3.90. The lowest BCUT2D eigenvalue weighted by Gasteiger charge is -2.32. The third-order valence-corrected chi connectivity index (χ3v) is 7.18. The number of nitrogens with two attached hydrogens (primary N) is 1. The minimum Gasteiger partial charge on any atom is -0.397 e. The van der Waals surface area contributed by atoms with Crippen LogP contribution < -0.4 is 10.6 Å². The first-order chi connectivity index (χ1) is 14.1. The Bertz CT molecular complexity index is 981. The molecule has 0 amide bonds. The summed E-state index contributed by atoms with van der Waals surface area (Å²) >= 11 is 6.01. The van der Waals surface area contributed by atoms with Gasteiger partial charge in [-0.25, -0.2) is 9.97 Å². The molecule has 29 heavy (non-hydrogen) atoms. The van der Waals surface area contributed by atoms with Gasteiger partial charge in [-0.2, -0.15) is 0 Å². The molecule has 0 aliphatic carbocycles. The quantitative estimate of drug-likeness (QED) is 0.754. The number of hydrogen-bond acceptors (Lipinski definition) is 6. The van der Waals surface area contributed by atoms with E-state index in [2.05, 4.69) is 22.0 Å². The fraction of sp³-hybridized carbons (Fsp3) is 0.381. The monoisotopic (exact) mass is 429 g/mol. The molecule has 0 unspecified atom stereocenters. The van der Waals surface area contributed by atoms with Gasteiger partial charge in [0.25, 0.3) is 0 Å². The van der Waals surface area contributed by atoms with Crippen molar-refractivity contribution in [1.29, 1.82) is 0 Å². The lowest BCUT2D eigenvalue weighted by Crippen LogP contribution is -2.34. The number of aromatic nitrogens is 2. The standard InChI is InChI=1S/C21H24ClN5OS/c1-24-10-6-17(23)19-20-18(9-13-29(20)28)25-21(26-19)27-11-7-15(8-12-27)14-2-4-16(22)5-3-14/h2-6,10,15H,7-9,11-13,23H2,1H3/b17-6-,24-10?/t29-/m0/s1. The lowest BCUT2D eigenvalue weighted by molar-refractivity contribution is 0.498. The van der Waals surface area contributed by atoms with Crippen LogP contribution in [0.5, 0.6) is 0 Å². The van der Waals surface area contributed by atoms with Crippen molar-refractivity contribution in [2.45, 2.75) is 30.1 Å². The molecule has 1 saturated heterocycles. The van der Waals surface area contributed by atoms with Crippen molar-refractivity contribution in [2.75, 3.05) is 30.8 Å². The van der Waals surface area contributed by atoms with E-state index < -0.39 is 10.8 Å². The van der Waals surface area contributed by atoms with Crippen LogP contribution in [0, 0.1) is 0 Å². The largest absolute Gasteiger partial charge is 0.397 e. The van der Waals surface area contributed by atoms with Gasteiger partial charge < -0.3 is 10.6 Å². The highest BCUT2D eigenvalue weighted by Gasteiger charge is 2.29. The van der Waals surface area contributed by atoms with Gasteiger partial charge in [0.05, 0.1) is 27.1 Å². The van der Waals surface area contributed by atoms with Gasteiger partial charge >= 0.3 is 0 Å². The van der Waals surface area contributed by atoms with Gasteiger partial charge in [0.1, 0.15) is 5.69 Å². The Labute approximate surface area is 178 Å². The van der Waals surface area contributed by atoms with E-state index >= 15 is 0 Å². The molecule has 0 saturated carbocycles. The second-order valence-electron chi connectivity index (χ2n) is 7.29. The average Bonchev–Trinajstić information content (AvgIpc) is 3.13. The van der Waals surface area contributed by atoms with Crippen molar-refractivity contribution in [3.8, 4) is 0 Å². The van der Waals surface area contributed by atoms with Crippen molar-refractivity contribution < 1.29 is 4.21 Å². The molecule has 0 bridgehead atoms. The van der Waals surface area contributed by atoms with E-state index in [-0.39, 0.29) is 0 Å². The van der Waals surface area contributed by atoms with Gasteiger partial charge in [-0.1, -0.05) is 23.7 Å². The first kappa shape index (κ1) is 20.0. The number of aliphatic imine (C=N–C) groups is 1. The highest BCUT2D eigenvalue weighted by Crippen LogP contribution is 2.33. The molecule has 1 atom stereocenters. The maximum Gasteiger partial charge on any atom is 0.226 e. The van der Waals surface area contributed by atoms with Crippen LogP contribution in [0.25, 0.3) is 5.70 Å². The first-order valence-corrected chi connectivity index (χ1v) is 11.4. The number of halogens is 1. The van der Waals surface area contributed by atoms with Gasteiger partial charge in [-0.15, -0.1) is 0 Å². The Kier molecular flexibility index (Phi) is 5.96. The van der Waals surface area contributed by atoms with E-state index in [1.165, 1.54) is 5.56 Å². The van der Waals surface area contributed by atoms with Crippen molar-refractivity contribution in [3.63, 3.8) is 0 Å². The predicted octanol–water partition coefficient (Wildman–Crippen LogP) is 3.18. The summed E-state index contributed by atoms with van der Waals surface area (Å²) in [4.78, 5) is 16.3. The molecular formula is C21H24ClN5OS. The van der Waals surface area contributed by atoms with Crippen molar-refractivity contribution >= 4 is 40.3 Å². The van der Waals surface area contributed by atoms with E-state index in [0.29, 0.717) is 40.3 Å². The molecule has 1 aromatic heterocycles. The third-order valence-electron chi connectivity index (χ3n) is 5.47. The molecule has 8 heteroatoms. The molecule has 2 aromatic rings. The maximum atomic E-state index is 12.5. The van der Waals surface area contributed by atoms with E-state index in [1.54, 1.807) is 19.3 Å². The smallest absolute Gasteiger partial charge is 0.226 e. The van der Waals surface area contributed by atoms with Gasteiger partial charge in [-0.05, 0) is 42.5 Å². The molecule has 2 aliphatic heterocycles. The van der Waals surface area contributed by atoms with Crippen molar-refractivity contribution in [2.24, 2.45) is 10.7 Å². The van der Waals surface area contributed by atoms with Crippen molar-refractivity contribution in [1.82, 2.24) is 9.97 Å². The summed E-state index contributed by atoms with van der Waals surface area (Å²) in [6, 6.07) is 8.13. The normalized spacial score (nSPS) is 20.4. The fourth-order valence-corrected chi connectivity index (χ4v) is 5.40. The van der Waals surface area contributed by atoms with Crippen LogP contribution >= 0.6 is 11.6 Å². The summed E-state index contributed by atoms with van der Waals surface area (Å²) in [5, 5.41) is 0.765. The van der Waals surface area contributed by atoms with E-state index in [9.17, 15) is 4.21 Å². The first-order valence-electron chi connectivity index (χ1n) is 9.75. The lowest BCUT2D eigenvalue weighted by atomic mass is 9.89. The number of fused-ring (bicyclic) bond motifs is 1. The summed E-state index contributed by atoms with van der Waals surface area (Å²) < 4.78 is 12.5. The van der Waals surface area contributed by atoms with E-state index in [4.69, 9.17) is 27.3 Å². The van der Waals surface area contributed by atoms with Crippen LogP contribution in [0.2, 0.25) is 5.02 Å². The van der Waals surface area contributed by atoms with Crippen LogP contribution in [-0.4, -0.2) is 46.3 Å². The molecule has 2 aliphatic rings. The highest BCUT2D eigenvalue weighted by molar-refractivity contribution is 7.85. The van der Waals surface area contributed by atoms with Crippen LogP contribution in [0.15, 0.2) is 40.2 Å². The second-order valence-corrected chi connectivity index (χ2v) is 9.23. The minimum atomic E-state index is -1.10. The molecule has 152 valence electrons. The Morgan fingerprint density at radius 1 is 1.28 bits per heavy atom. The molecule has 1 fully saturated rings. The number of allylic oxidation sites excluding steroid dienone is 1. The Morgan fingerprint density at radius 3 is 2.69 bits per heavy atom. The maximum absolute atomic E-state index is 12.5. The van der Waals surface area contributed by atoms with Gasteiger partial charge in [0, 0.05) is 43.5 Å². The SMILES string of the molecule is CN=C/C=C(\N)c1nc(N2CCC(c3ccc(Cl)cc3)CC2)nc2c1[S@@](=O)CC2. The molecule has 3 heterocycles. The molecule has 2 N–H and O–H groups in total. The molecule has 4 rings (SSSR count). The number of anilines is 1. The molecule has 0 radical (unpaired) electrons. The van der Waals surface area contributed by atoms with Gasteiger partial charge in [0.2, 0.25) is 5.95 Å². The van der Waals surface area contributed by atoms with Crippen LogP contribution in [0.1, 0.15) is 35.7 Å². The summed E-state index contributed by atoms with van der Waals surface area (Å²) in [6.45, 7) is 1.74. The van der Waals surface area contributed by atoms with E-state index in [1.807, 2.05) is 12.1 Å². The average molecular weight is 430 g/mol. The summed E-state index contributed by atoms with van der Waals surface area (Å²) in [5.74, 6) is 1.77. The van der Waals surface area contributed by atoms with Crippen LogP contribution in [0.4, 0.5) is 5.95 Å². The van der Waals surface area contributed by atoms with Crippen molar-refractivity contribution in [3.05, 3.63) is 52.3 Å². The van der Waals surface area contributed by atoms with Gasteiger partial charge in [-0.3, -0.25) is 9.20 Å². The minimum absolute atomic E-state index is 0.474. The Balaban J connectivity index is 1.58.